The molecule has 1 N–H and O–H groups in total. The number of hydrogen-bond donors (Lipinski definition) is 1. The number of piperidine rings is 1. The number of nitrogens with zero attached hydrogens (tertiary/aromatic N) is 1. The molecule has 4 aromatic carbocycles. The Morgan fingerprint density at radius 1 is 0.833 bits per heavy atom. The fourth-order valence-electron chi connectivity index (χ4n) is 5.29. The first-order chi connectivity index (χ1) is 20.4. The van der Waals surface area contributed by atoms with Crippen LogP contribution in [0.15, 0.2) is 91.0 Å². The number of anilines is 1. The third-order valence-corrected chi connectivity index (χ3v) is 7.75. The standard InChI is InChI=1S/C35H36N2O5/c1-37-18-16-25(17-19-37)27-13-15-33(42-23-24-8-5-4-6-9-24)31(21-27)34(38)36-32-22-28(12-14-30(32)35(39)41-3)26-10-7-11-29(20-26)40-2/h4-15,20-22,25H,16-19,23H2,1-3H3,(H,36,38). The molecule has 7 nitrogen and oxygen atoms in total. The Morgan fingerprint density at radius 3 is 2.33 bits per heavy atom. The average molecular weight is 565 g/mol. The van der Waals surface area contributed by atoms with Crippen molar-refractivity contribution in [3.05, 3.63) is 113 Å². The lowest BCUT2D eigenvalue weighted by molar-refractivity contribution is 0.0602. The minimum atomic E-state index is -0.539. The SMILES string of the molecule is COC(=O)c1ccc(-c2cccc(OC)c2)cc1NC(=O)c1cc(C2CCN(C)CC2)ccc1OCc1ccccc1. The Balaban J connectivity index is 1.49. The van der Waals surface area contributed by atoms with Crippen LogP contribution in [0.3, 0.4) is 0 Å². The van der Waals surface area contributed by atoms with Crippen LogP contribution in [0.5, 0.6) is 11.5 Å². The molecule has 1 aliphatic heterocycles. The predicted molar refractivity (Wildman–Crippen MR) is 164 cm³/mol. The van der Waals surface area contributed by atoms with Gasteiger partial charge in [-0.15, -0.1) is 0 Å². The van der Waals surface area contributed by atoms with Crippen molar-refractivity contribution in [2.45, 2.75) is 25.4 Å². The van der Waals surface area contributed by atoms with Gasteiger partial charge < -0.3 is 24.4 Å². The molecule has 7 heteroatoms. The number of methoxy groups -OCH3 is 2. The van der Waals surface area contributed by atoms with Gasteiger partial charge in [0.05, 0.1) is 31.0 Å². The Morgan fingerprint density at radius 2 is 1.60 bits per heavy atom. The zero-order chi connectivity index (χ0) is 29.5. The van der Waals surface area contributed by atoms with E-state index in [9.17, 15) is 9.59 Å². The van der Waals surface area contributed by atoms with Gasteiger partial charge in [0.15, 0.2) is 0 Å². The molecule has 0 saturated carbocycles. The number of rotatable bonds is 9. The number of carbonyl (C=O) groups is 2. The van der Waals surface area contributed by atoms with Gasteiger partial charge in [-0.05, 0) is 97.5 Å². The summed E-state index contributed by atoms with van der Waals surface area (Å²) in [5, 5.41) is 3.00. The Hall–Kier alpha value is -4.62. The first kappa shape index (κ1) is 28.9. The molecule has 1 saturated heterocycles. The van der Waals surface area contributed by atoms with Crippen LogP contribution in [0.2, 0.25) is 0 Å². The molecule has 0 bridgehead atoms. The van der Waals surface area contributed by atoms with Crippen molar-refractivity contribution in [1.82, 2.24) is 4.90 Å². The van der Waals surface area contributed by atoms with Crippen LogP contribution in [-0.4, -0.2) is 51.1 Å². The van der Waals surface area contributed by atoms with E-state index < -0.39 is 5.97 Å². The highest BCUT2D eigenvalue weighted by Gasteiger charge is 2.23. The number of ether oxygens (including phenoxy) is 3. The molecular weight excluding hydrogens is 528 g/mol. The summed E-state index contributed by atoms with van der Waals surface area (Å²) < 4.78 is 16.6. The van der Waals surface area contributed by atoms with Crippen molar-refractivity contribution >= 4 is 17.6 Å². The second-order valence-corrected chi connectivity index (χ2v) is 10.5. The van der Waals surface area contributed by atoms with Crippen LogP contribution < -0.4 is 14.8 Å². The lowest BCUT2D eigenvalue weighted by Crippen LogP contribution is -2.29. The number of amides is 1. The fourth-order valence-corrected chi connectivity index (χ4v) is 5.29. The van der Waals surface area contributed by atoms with Gasteiger partial charge in [0.2, 0.25) is 0 Å². The third kappa shape index (κ3) is 6.81. The van der Waals surface area contributed by atoms with E-state index in [1.807, 2.05) is 72.8 Å². The van der Waals surface area contributed by atoms with Crippen molar-refractivity contribution in [3.8, 4) is 22.6 Å². The van der Waals surface area contributed by atoms with Crippen LogP contribution in [0.1, 0.15) is 50.6 Å². The van der Waals surface area contributed by atoms with Crippen molar-refractivity contribution in [2.24, 2.45) is 0 Å². The average Bonchev–Trinajstić information content (AvgIpc) is 3.04. The summed E-state index contributed by atoms with van der Waals surface area (Å²) in [6.07, 6.45) is 2.05. The molecule has 1 fully saturated rings. The molecule has 1 aliphatic rings. The van der Waals surface area contributed by atoms with Crippen LogP contribution in [0.4, 0.5) is 5.69 Å². The molecule has 4 aromatic rings. The zero-order valence-electron chi connectivity index (χ0n) is 24.3. The van der Waals surface area contributed by atoms with E-state index in [-0.39, 0.29) is 11.5 Å². The Kier molecular flexibility index (Phi) is 9.19. The van der Waals surface area contributed by atoms with E-state index in [1.54, 1.807) is 19.2 Å². The molecular formula is C35H36N2O5. The highest BCUT2D eigenvalue weighted by molar-refractivity contribution is 6.10. The second kappa shape index (κ2) is 13.4. The lowest BCUT2D eigenvalue weighted by atomic mass is 9.88. The molecule has 216 valence electrons. The topological polar surface area (TPSA) is 77.1 Å². The van der Waals surface area contributed by atoms with Gasteiger partial charge in [-0.2, -0.15) is 0 Å². The van der Waals surface area contributed by atoms with E-state index in [0.29, 0.717) is 35.3 Å². The van der Waals surface area contributed by atoms with Gasteiger partial charge in [0, 0.05) is 0 Å². The van der Waals surface area contributed by atoms with Gasteiger partial charge in [-0.25, -0.2) is 4.79 Å². The molecule has 0 spiro atoms. The maximum Gasteiger partial charge on any atom is 0.339 e. The molecule has 0 aliphatic carbocycles. The Labute approximate surface area is 247 Å². The fraction of sp³-hybridized carbons (Fsp3) is 0.257. The molecule has 0 unspecified atom stereocenters. The molecule has 5 rings (SSSR count). The summed E-state index contributed by atoms with van der Waals surface area (Å²) >= 11 is 0. The van der Waals surface area contributed by atoms with Gasteiger partial charge >= 0.3 is 5.97 Å². The van der Waals surface area contributed by atoms with Crippen molar-refractivity contribution in [2.75, 3.05) is 39.7 Å². The summed E-state index contributed by atoms with van der Waals surface area (Å²) in [6, 6.07) is 28.6. The maximum absolute atomic E-state index is 14.0. The van der Waals surface area contributed by atoms with Crippen LogP contribution in [0, 0.1) is 0 Å². The van der Waals surface area contributed by atoms with Gasteiger partial charge in [-0.3, -0.25) is 4.79 Å². The van der Waals surface area contributed by atoms with Crippen molar-refractivity contribution in [3.63, 3.8) is 0 Å². The van der Waals surface area contributed by atoms with E-state index in [1.165, 1.54) is 7.11 Å². The van der Waals surface area contributed by atoms with Gasteiger partial charge in [0.1, 0.15) is 18.1 Å². The summed E-state index contributed by atoms with van der Waals surface area (Å²) in [5.41, 5.74) is 4.85. The summed E-state index contributed by atoms with van der Waals surface area (Å²) in [7, 11) is 5.07. The zero-order valence-corrected chi connectivity index (χ0v) is 24.3. The monoisotopic (exact) mass is 564 g/mol. The van der Waals surface area contributed by atoms with E-state index in [2.05, 4.69) is 23.3 Å². The highest BCUT2D eigenvalue weighted by Crippen LogP contribution is 2.33. The first-order valence-corrected chi connectivity index (χ1v) is 14.1. The number of likely N-dealkylation sites (tertiary alicyclic amines) is 1. The molecule has 0 radical (unpaired) electrons. The quantitative estimate of drug-likeness (QED) is 0.226. The van der Waals surface area contributed by atoms with E-state index in [0.717, 1.165) is 48.2 Å². The Bertz CT molecular complexity index is 1540. The van der Waals surface area contributed by atoms with Crippen LogP contribution in [-0.2, 0) is 11.3 Å². The largest absolute Gasteiger partial charge is 0.497 e. The number of carbonyl (C=O) groups excluding carboxylic acids is 2. The molecule has 0 aromatic heterocycles. The summed E-state index contributed by atoms with van der Waals surface area (Å²) in [4.78, 5) is 29.0. The minimum absolute atomic E-state index is 0.260. The molecule has 1 heterocycles. The maximum atomic E-state index is 14.0. The second-order valence-electron chi connectivity index (χ2n) is 10.5. The number of nitrogens with one attached hydrogen (secondary N) is 1. The number of benzene rings is 4. The number of hydrogen-bond acceptors (Lipinski definition) is 6. The minimum Gasteiger partial charge on any atom is -0.497 e. The normalized spacial score (nSPS) is 13.8. The highest BCUT2D eigenvalue weighted by atomic mass is 16.5. The van der Waals surface area contributed by atoms with E-state index in [4.69, 9.17) is 14.2 Å². The van der Waals surface area contributed by atoms with Crippen molar-refractivity contribution in [1.29, 1.82) is 0 Å². The lowest BCUT2D eigenvalue weighted by Gasteiger charge is -2.29. The smallest absolute Gasteiger partial charge is 0.339 e. The molecule has 1 amide bonds. The predicted octanol–water partition coefficient (Wildman–Crippen LogP) is 6.79. The molecule has 0 atom stereocenters. The molecule has 42 heavy (non-hydrogen) atoms. The van der Waals surface area contributed by atoms with Gasteiger partial charge in [0.25, 0.3) is 5.91 Å². The van der Waals surface area contributed by atoms with Crippen molar-refractivity contribution < 1.29 is 23.8 Å². The first-order valence-electron chi connectivity index (χ1n) is 14.1. The third-order valence-electron chi connectivity index (χ3n) is 7.75. The number of esters is 1. The van der Waals surface area contributed by atoms with Crippen LogP contribution >= 0.6 is 0 Å². The van der Waals surface area contributed by atoms with Crippen LogP contribution in [0.25, 0.3) is 11.1 Å². The summed E-state index contributed by atoms with van der Waals surface area (Å²) in [5.74, 6) is 0.652. The van der Waals surface area contributed by atoms with E-state index >= 15 is 0 Å². The van der Waals surface area contributed by atoms with Gasteiger partial charge in [-0.1, -0.05) is 54.6 Å². The summed E-state index contributed by atoms with van der Waals surface area (Å²) in [6.45, 7) is 2.35.